The zero-order valence-corrected chi connectivity index (χ0v) is 22.0. The number of amides is 3. The fraction of sp³-hybridized carbons (Fsp3) is 0.345. The predicted molar refractivity (Wildman–Crippen MR) is 144 cm³/mol. The summed E-state index contributed by atoms with van der Waals surface area (Å²) in [4.78, 5) is 64.3. The summed E-state index contributed by atoms with van der Waals surface area (Å²) in [6.07, 6.45) is 0.0585. The van der Waals surface area contributed by atoms with Gasteiger partial charge in [-0.25, -0.2) is 4.79 Å². The van der Waals surface area contributed by atoms with Crippen molar-refractivity contribution in [3.8, 4) is 5.75 Å². The van der Waals surface area contributed by atoms with Gasteiger partial charge >= 0.3 is 5.63 Å². The van der Waals surface area contributed by atoms with Crippen LogP contribution in [0.25, 0.3) is 11.0 Å². The summed E-state index contributed by atoms with van der Waals surface area (Å²) in [6, 6.07) is 11.3. The molecule has 2 atom stereocenters. The van der Waals surface area contributed by atoms with Crippen LogP contribution >= 0.6 is 0 Å². The molecule has 1 fully saturated rings. The number of benzene rings is 2. The van der Waals surface area contributed by atoms with Crippen molar-refractivity contribution in [1.29, 1.82) is 0 Å². The summed E-state index contributed by atoms with van der Waals surface area (Å²) in [5.41, 5.74) is -0.290. The molecule has 204 valence electrons. The van der Waals surface area contributed by atoms with Crippen LogP contribution in [0, 0.1) is 12.8 Å². The fourth-order valence-electron chi connectivity index (χ4n) is 4.85. The molecular formula is C29H31N3O7. The largest absolute Gasteiger partial charge is 0.508 e. The lowest BCUT2D eigenvalue weighted by Gasteiger charge is -2.37. The molecule has 0 unspecified atom stereocenters. The number of phenolic OH excluding ortho intramolecular Hbond substituents is 1. The topological polar surface area (TPSA) is 155 Å². The molecule has 0 bridgehead atoms. The van der Waals surface area contributed by atoms with Crippen molar-refractivity contribution < 1.29 is 28.7 Å². The van der Waals surface area contributed by atoms with Gasteiger partial charge < -0.3 is 25.5 Å². The molecule has 10 heteroatoms. The lowest BCUT2D eigenvalue weighted by Crippen LogP contribution is -2.68. The number of hydrogen-bond acceptors (Lipinski definition) is 7. The van der Waals surface area contributed by atoms with Crippen molar-refractivity contribution in [1.82, 2.24) is 10.6 Å². The van der Waals surface area contributed by atoms with E-state index < -0.39 is 40.7 Å². The van der Waals surface area contributed by atoms with Crippen molar-refractivity contribution in [2.24, 2.45) is 5.92 Å². The molecule has 1 aliphatic heterocycles. The zero-order chi connectivity index (χ0) is 28.3. The van der Waals surface area contributed by atoms with Crippen LogP contribution in [0.4, 0.5) is 5.69 Å². The lowest BCUT2D eigenvalue weighted by molar-refractivity contribution is -0.147. The normalized spacial score (nSPS) is 18.1. The number of carbonyl (C=O) groups excluding carboxylic acids is 4. The Balaban J connectivity index is 1.65. The van der Waals surface area contributed by atoms with Crippen molar-refractivity contribution in [2.75, 3.05) is 5.32 Å². The standard InChI is InChI=1S/C29H31N3O7/c1-16(2)15-29(24(34)10-11-25(35)32-29)28(38)31-22(13-18-4-7-20(33)8-5-18)27(37)30-19-6-9-21-17(3)12-26(36)39-23(21)14-19/h4-9,12,14,16,22,33H,10-11,13,15H2,1-3H3,(H,30,37)(H,31,38)(H,32,35)/t22-,29+/m0/s1. The van der Waals surface area contributed by atoms with Crippen LogP contribution in [-0.2, 0) is 25.6 Å². The molecule has 3 aromatic rings. The molecule has 39 heavy (non-hydrogen) atoms. The maximum atomic E-state index is 13.7. The first-order valence-electron chi connectivity index (χ1n) is 12.8. The third-order valence-electron chi connectivity index (χ3n) is 6.73. The van der Waals surface area contributed by atoms with Gasteiger partial charge in [0, 0.05) is 42.5 Å². The van der Waals surface area contributed by atoms with Crippen molar-refractivity contribution in [2.45, 2.75) is 58.0 Å². The molecule has 10 nitrogen and oxygen atoms in total. The Labute approximate surface area is 224 Å². The number of anilines is 1. The van der Waals surface area contributed by atoms with E-state index in [0.717, 1.165) is 5.56 Å². The van der Waals surface area contributed by atoms with Gasteiger partial charge in [0.25, 0.3) is 5.91 Å². The Kier molecular flexibility index (Phi) is 7.85. The average Bonchev–Trinajstić information content (AvgIpc) is 2.86. The molecule has 1 saturated heterocycles. The van der Waals surface area contributed by atoms with Crippen LogP contribution in [0.5, 0.6) is 5.75 Å². The van der Waals surface area contributed by atoms with Crippen molar-refractivity contribution in [3.05, 3.63) is 70.1 Å². The van der Waals surface area contributed by atoms with E-state index in [4.69, 9.17) is 4.42 Å². The van der Waals surface area contributed by atoms with E-state index in [0.29, 0.717) is 22.2 Å². The fourth-order valence-corrected chi connectivity index (χ4v) is 4.85. The molecule has 3 amide bonds. The Morgan fingerprint density at radius 2 is 1.77 bits per heavy atom. The number of aryl methyl sites for hydroxylation is 1. The van der Waals surface area contributed by atoms with Gasteiger partial charge in [0.2, 0.25) is 11.8 Å². The maximum Gasteiger partial charge on any atom is 0.336 e. The summed E-state index contributed by atoms with van der Waals surface area (Å²) < 4.78 is 5.27. The first-order chi connectivity index (χ1) is 18.5. The van der Waals surface area contributed by atoms with Crippen LogP contribution < -0.4 is 21.6 Å². The second kappa shape index (κ2) is 11.1. The number of phenols is 1. The Bertz CT molecular complexity index is 1490. The number of Topliss-reactive ketones (excluding diaryl/α,β-unsaturated/α-hetero) is 1. The summed E-state index contributed by atoms with van der Waals surface area (Å²) in [5.74, 6) is -2.20. The highest BCUT2D eigenvalue weighted by atomic mass is 16.4. The number of nitrogens with one attached hydrogen (secondary N) is 3. The molecule has 2 aromatic carbocycles. The number of aromatic hydroxyl groups is 1. The molecule has 4 N–H and O–H groups in total. The predicted octanol–water partition coefficient (Wildman–Crippen LogP) is 2.74. The van der Waals surface area contributed by atoms with E-state index in [1.165, 1.54) is 24.3 Å². The highest BCUT2D eigenvalue weighted by Crippen LogP contribution is 2.26. The lowest BCUT2D eigenvalue weighted by atomic mass is 9.79. The molecular weight excluding hydrogens is 502 g/mol. The third-order valence-corrected chi connectivity index (χ3v) is 6.73. The molecule has 1 aromatic heterocycles. The second-order valence-electron chi connectivity index (χ2n) is 10.3. The van der Waals surface area contributed by atoms with Crippen LogP contribution in [-0.4, -0.2) is 40.2 Å². The minimum Gasteiger partial charge on any atom is -0.508 e. The number of rotatable bonds is 8. The average molecular weight is 534 g/mol. The molecule has 1 aliphatic rings. The summed E-state index contributed by atoms with van der Waals surface area (Å²) in [6.45, 7) is 5.45. The van der Waals surface area contributed by atoms with Crippen LogP contribution in [0.2, 0.25) is 0 Å². The van der Waals surface area contributed by atoms with Crippen LogP contribution in [0.3, 0.4) is 0 Å². The molecule has 2 heterocycles. The van der Waals surface area contributed by atoms with Crippen LogP contribution in [0.1, 0.15) is 44.2 Å². The minimum absolute atomic E-state index is 0.000940. The highest BCUT2D eigenvalue weighted by molar-refractivity contribution is 6.16. The van der Waals surface area contributed by atoms with E-state index in [-0.39, 0.29) is 37.4 Å². The van der Waals surface area contributed by atoms with E-state index in [1.54, 1.807) is 31.2 Å². The maximum absolute atomic E-state index is 13.7. The van der Waals surface area contributed by atoms with Gasteiger partial charge in [-0.1, -0.05) is 26.0 Å². The van der Waals surface area contributed by atoms with Gasteiger partial charge in [-0.2, -0.15) is 0 Å². The third kappa shape index (κ3) is 6.17. The number of piperidine rings is 1. The van der Waals surface area contributed by atoms with Gasteiger partial charge in [-0.3, -0.25) is 19.2 Å². The molecule has 0 spiro atoms. The minimum atomic E-state index is -1.78. The van der Waals surface area contributed by atoms with Gasteiger partial charge in [-0.05, 0) is 54.7 Å². The monoisotopic (exact) mass is 533 g/mol. The Morgan fingerprint density at radius 1 is 1.05 bits per heavy atom. The van der Waals surface area contributed by atoms with E-state index in [1.807, 2.05) is 13.8 Å². The Morgan fingerprint density at radius 3 is 2.46 bits per heavy atom. The summed E-state index contributed by atoms with van der Waals surface area (Å²) in [7, 11) is 0. The number of carbonyl (C=O) groups is 4. The molecule has 0 saturated carbocycles. The zero-order valence-electron chi connectivity index (χ0n) is 22.0. The van der Waals surface area contributed by atoms with Crippen molar-refractivity contribution in [3.63, 3.8) is 0 Å². The summed E-state index contributed by atoms with van der Waals surface area (Å²) >= 11 is 0. The Hall–Kier alpha value is -4.47. The number of fused-ring (bicyclic) bond motifs is 1. The first kappa shape index (κ1) is 27.6. The molecule has 0 radical (unpaired) electrons. The SMILES string of the molecule is Cc1cc(=O)oc2cc(NC(=O)[C@H](Cc3ccc(O)cc3)NC(=O)[C@]3(CC(C)C)NC(=O)CCC3=O)ccc12. The quantitative estimate of drug-likeness (QED) is 0.256. The first-order valence-corrected chi connectivity index (χ1v) is 12.8. The van der Waals surface area contributed by atoms with E-state index in [2.05, 4.69) is 16.0 Å². The van der Waals surface area contributed by atoms with Gasteiger partial charge in [0.15, 0.2) is 11.3 Å². The second-order valence-corrected chi connectivity index (χ2v) is 10.3. The number of ketones is 1. The van der Waals surface area contributed by atoms with Crippen LogP contribution in [0.15, 0.2) is 57.7 Å². The van der Waals surface area contributed by atoms with Crippen molar-refractivity contribution >= 4 is 40.2 Å². The molecule has 0 aliphatic carbocycles. The highest BCUT2D eigenvalue weighted by Gasteiger charge is 2.50. The molecule has 4 rings (SSSR count). The van der Waals surface area contributed by atoms with Gasteiger partial charge in [-0.15, -0.1) is 0 Å². The summed E-state index contributed by atoms with van der Waals surface area (Å²) in [5, 5.41) is 18.4. The van der Waals surface area contributed by atoms with Gasteiger partial charge in [0.05, 0.1) is 0 Å². The van der Waals surface area contributed by atoms with E-state index in [9.17, 15) is 29.1 Å². The van der Waals surface area contributed by atoms with Gasteiger partial charge in [0.1, 0.15) is 17.4 Å². The number of hydrogen-bond donors (Lipinski definition) is 4. The van der Waals surface area contributed by atoms with E-state index >= 15 is 0 Å². The smallest absolute Gasteiger partial charge is 0.336 e.